The van der Waals surface area contributed by atoms with Crippen molar-refractivity contribution in [1.82, 2.24) is 9.55 Å². The van der Waals surface area contributed by atoms with Crippen molar-refractivity contribution in [2.45, 2.75) is 19.4 Å². The molecule has 0 atom stereocenters. The highest BCUT2D eigenvalue weighted by molar-refractivity contribution is 5.95. The van der Waals surface area contributed by atoms with E-state index >= 15 is 0 Å². The molecule has 0 bridgehead atoms. The summed E-state index contributed by atoms with van der Waals surface area (Å²) in [6, 6.07) is 12.4. The van der Waals surface area contributed by atoms with E-state index in [-0.39, 0.29) is 18.9 Å². The highest BCUT2D eigenvalue weighted by atomic mass is 16.2. The Hall–Kier alpha value is -3.35. The molecule has 132 valence electrons. The van der Waals surface area contributed by atoms with Gasteiger partial charge in [0.1, 0.15) is 0 Å². The van der Waals surface area contributed by atoms with Crippen LogP contribution in [0.1, 0.15) is 12.0 Å². The van der Waals surface area contributed by atoms with E-state index in [9.17, 15) is 14.4 Å². The van der Waals surface area contributed by atoms with Crippen LogP contribution in [0.5, 0.6) is 0 Å². The zero-order chi connectivity index (χ0) is 18.3. The van der Waals surface area contributed by atoms with Gasteiger partial charge in [-0.2, -0.15) is 0 Å². The van der Waals surface area contributed by atoms with E-state index in [4.69, 9.17) is 5.73 Å². The monoisotopic (exact) mass is 350 g/mol. The number of nitrogens with one attached hydrogen (secondary N) is 1. The third kappa shape index (κ3) is 2.67. The van der Waals surface area contributed by atoms with E-state index in [2.05, 4.69) is 4.98 Å². The van der Waals surface area contributed by atoms with E-state index in [1.54, 1.807) is 35.2 Å². The number of aryl methyl sites for hydroxylation is 1. The Morgan fingerprint density at radius 2 is 1.96 bits per heavy atom. The molecule has 2 aromatic carbocycles. The van der Waals surface area contributed by atoms with Gasteiger partial charge < -0.3 is 10.6 Å². The van der Waals surface area contributed by atoms with Crippen LogP contribution < -0.4 is 21.9 Å². The van der Waals surface area contributed by atoms with E-state index in [1.165, 1.54) is 4.57 Å². The molecule has 1 amide bonds. The molecule has 0 saturated carbocycles. The summed E-state index contributed by atoms with van der Waals surface area (Å²) < 4.78 is 1.44. The molecule has 7 nitrogen and oxygen atoms in total. The SMILES string of the molecule is Nc1ccc2c(c1)CCN2C(=O)CCn1c(=O)[nH]c(=O)c2ccccc21. The number of benzene rings is 2. The Morgan fingerprint density at radius 1 is 1.15 bits per heavy atom. The lowest BCUT2D eigenvalue weighted by atomic mass is 10.1. The fourth-order valence-electron chi connectivity index (χ4n) is 3.49. The largest absolute Gasteiger partial charge is 0.399 e. The van der Waals surface area contributed by atoms with Gasteiger partial charge in [0.2, 0.25) is 5.91 Å². The standard InChI is InChI=1S/C19H18N4O3/c20-13-5-6-15-12(11-13)7-9-22(15)17(24)8-10-23-16-4-2-1-3-14(16)18(25)21-19(23)26/h1-6,11H,7-10,20H2,(H,21,25,26). The molecule has 0 unspecified atom stereocenters. The van der Waals surface area contributed by atoms with Gasteiger partial charge in [-0.3, -0.25) is 19.1 Å². The minimum absolute atomic E-state index is 0.0595. The molecule has 0 aliphatic carbocycles. The quantitative estimate of drug-likeness (QED) is 0.694. The van der Waals surface area contributed by atoms with Crippen LogP contribution in [0.2, 0.25) is 0 Å². The molecule has 0 radical (unpaired) electrons. The van der Waals surface area contributed by atoms with Crippen molar-refractivity contribution >= 4 is 28.2 Å². The number of anilines is 2. The van der Waals surface area contributed by atoms with Crippen LogP contribution in [0, 0.1) is 0 Å². The van der Waals surface area contributed by atoms with Gasteiger partial charge in [-0.15, -0.1) is 0 Å². The average molecular weight is 350 g/mol. The first kappa shape index (κ1) is 16.1. The maximum absolute atomic E-state index is 12.7. The normalized spacial score (nSPS) is 13.2. The summed E-state index contributed by atoms with van der Waals surface area (Å²) in [5.74, 6) is -0.0595. The van der Waals surface area contributed by atoms with Crippen molar-refractivity contribution in [2.24, 2.45) is 0 Å². The van der Waals surface area contributed by atoms with Crippen LogP contribution in [-0.4, -0.2) is 22.0 Å². The molecule has 1 aliphatic heterocycles. The van der Waals surface area contributed by atoms with Crippen LogP contribution in [0.4, 0.5) is 11.4 Å². The first-order chi connectivity index (χ1) is 12.5. The predicted molar refractivity (Wildman–Crippen MR) is 100 cm³/mol. The van der Waals surface area contributed by atoms with Crippen LogP contribution >= 0.6 is 0 Å². The summed E-state index contributed by atoms with van der Waals surface area (Å²) in [6.07, 6.45) is 0.938. The molecule has 7 heteroatoms. The fourth-order valence-corrected chi connectivity index (χ4v) is 3.49. The summed E-state index contributed by atoms with van der Waals surface area (Å²) in [4.78, 5) is 40.8. The second-order valence-electron chi connectivity index (χ2n) is 6.36. The minimum Gasteiger partial charge on any atom is -0.399 e. The second-order valence-corrected chi connectivity index (χ2v) is 6.36. The number of hydrogen-bond acceptors (Lipinski definition) is 4. The van der Waals surface area contributed by atoms with Crippen LogP contribution in [0.15, 0.2) is 52.1 Å². The Balaban J connectivity index is 1.60. The number of aromatic amines is 1. The number of aromatic nitrogens is 2. The Labute approximate surface area is 148 Å². The number of amides is 1. The lowest BCUT2D eigenvalue weighted by Gasteiger charge is -2.18. The van der Waals surface area contributed by atoms with Gasteiger partial charge in [0.15, 0.2) is 0 Å². The zero-order valence-electron chi connectivity index (χ0n) is 14.1. The number of H-pyrrole nitrogens is 1. The van der Waals surface area contributed by atoms with Crippen LogP contribution in [0.25, 0.3) is 10.9 Å². The molecule has 0 fully saturated rings. The van der Waals surface area contributed by atoms with Crippen LogP contribution in [0.3, 0.4) is 0 Å². The molecule has 26 heavy (non-hydrogen) atoms. The Morgan fingerprint density at radius 3 is 2.81 bits per heavy atom. The topological polar surface area (TPSA) is 101 Å². The number of hydrogen-bond donors (Lipinski definition) is 2. The third-order valence-electron chi connectivity index (χ3n) is 4.75. The summed E-state index contributed by atoms with van der Waals surface area (Å²) in [6.45, 7) is 0.814. The van der Waals surface area contributed by atoms with Crippen molar-refractivity contribution in [3.05, 3.63) is 68.9 Å². The summed E-state index contributed by atoms with van der Waals surface area (Å²) in [5.41, 5.74) is 8.03. The minimum atomic E-state index is -0.504. The Kier molecular flexibility index (Phi) is 3.84. The van der Waals surface area contributed by atoms with E-state index in [0.717, 1.165) is 17.7 Å². The first-order valence-electron chi connectivity index (χ1n) is 8.45. The van der Waals surface area contributed by atoms with Gasteiger partial charge in [-0.1, -0.05) is 12.1 Å². The molecule has 0 spiro atoms. The van der Waals surface area contributed by atoms with E-state index in [0.29, 0.717) is 23.1 Å². The van der Waals surface area contributed by atoms with Gasteiger partial charge in [-0.05, 0) is 42.3 Å². The number of carbonyl (C=O) groups is 1. The molecule has 2 heterocycles. The molecule has 4 rings (SSSR count). The Bertz CT molecular complexity index is 1130. The molecule has 1 aromatic heterocycles. The highest BCUT2D eigenvalue weighted by Gasteiger charge is 2.24. The molecule has 3 N–H and O–H groups in total. The molecular weight excluding hydrogens is 332 g/mol. The molecule has 3 aromatic rings. The fraction of sp³-hybridized carbons (Fsp3) is 0.211. The lowest BCUT2D eigenvalue weighted by molar-refractivity contribution is -0.118. The van der Waals surface area contributed by atoms with E-state index in [1.807, 2.05) is 12.1 Å². The number of rotatable bonds is 3. The van der Waals surface area contributed by atoms with E-state index < -0.39 is 11.2 Å². The van der Waals surface area contributed by atoms with Crippen molar-refractivity contribution in [1.29, 1.82) is 0 Å². The first-order valence-corrected chi connectivity index (χ1v) is 8.45. The lowest BCUT2D eigenvalue weighted by Crippen LogP contribution is -2.34. The second kappa shape index (κ2) is 6.18. The molecule has 1 aliphatic rings. The summed E-state index contributed by atoms with van der Waals surface area (Å²) >= 11 is 0. The number of fused-ring (bicyclic) bond motifs is 2. The van der Waals surface area contributed by atoms with Crippen LogP contribution in [-0.2, 0) is 17.8 Å². The summed E-state index contributed by atoms with van der Waals surface area (Å²) in [5, 5.41) is 0.432. The number of nitrogens with zero attached hydrogens (tertiary/aromatic N) is 2. The number of carbonyl (C=O) groups excluding carboxylic acids is 1. The third-order valence-corrected chi connectivity index (χ3v) is 4.75. The number of nitrogen functional groups attached to an aromatic ring is 1. The molecule has 0 saturated heterocycles. The van der Waals surface area contributed by atoms with Gasteiger partial charge >= 0.3 is 5.69 Å². The maximum atomic E-state index is 12.7. The van der Waals surface area contributed by atoms with Gasteiger partial charge in [0.05, 0.1) is 10.9 Å². The van der Waals surface area contributed by atoms with Crippen molar-refractivity contribution in [3.8, 4) is 0 Å². The van der Waals surface area contributed by atoms with Gasteiger partial charge in [0.25, 0.3) is 5.56 Å². The van der Waals surface area contributed by atoms with Gasteiger partial charge in [-0.25, -0.2) is 4.79 Å². The van der Waals surface area contributed by atoms with Gasteiger partial charge in [0, 0.05) is 30.9 Å². The predicted octanol–water partition coefficient (Wildman–Crippen LogP) is 1.25. The highest BCUT2D eigenvalue weighted by Crippen LogP contribution is 2.30. The van der Waals surface area contributed by atoms with Crippen molar-refractivity contribution < 1.29 is 4.79 Å². The summed E-state index contributed by atoms with van der Waals surface area (Å²) in [7, 11) is 0. The van der Waals surface area contributed by atoms with Crippen molar-refractivity contribution in [2.75, 3.05) is 17.2 Å². The number of para-hydroxylation sites is 1. The van der Waals surface area contributed by atoms with Crippen molar-refractivity contribution in [3.63, 3.8) is 0 Å². The zero-order valence-corrected chi connectivity index (χ0v) is 14.1. The molecular formula is C19H18N4O3. The smallest absolute Gasteiger partial charge is 0.328 e. The number of nitrogens with two attached hydrogens (primary N) is 1. The maximum Gasteiger partial charge on any atom is 0.328 e. The average Bonchev–Trinajstić information content (AvgIpc) is 3.04.